The molecule has 0 aromatic rings. The molecule has 0 aromatic carbocycles. The summed E-state index contributed by atoms with van der Waals surface area (Å²) in [6, 6.07) is -0.513. The molecule has 2 N–H and O–H groups in total. The van der Waals surface area contributed by atoms with Crippen molar-refractivity contribution in [1.29, 1.82) is 0 Å². The van der Waals surface area contributed by atoms with Crippen molar-refractivity contribution in [3.05, 3.63) is 0 Å². The first-order valence-corrected chi connectivity index (χ1v) is 6.13. The van der Waals surface area contributed by atoms with E-state index < -0.39 is 6.04 Å². The molecule has 0 heterocycles. The monoisotopic (exact) mass is 231 g/mol. The highest BCUT2D eigenvalue weighted by atomic mass is 16.6. The lowest BCUT2D eigenvalue weighted by molar-refractivity contribution is -0.148. The zero-order valence-electron chi connectivity index (χ0n) is 10.7. The first kappa shape index (κ1) is 15.4. The molecule has 0 radical (unpaired) electrons. The smallest absolute Gasteiger partial charge is 0.323 e. The molecule has 2 unspecified atom stereocenters. The van der Waals surface area contributed by atoms with E-state index in [9.17, 15) is 4.79 Å². The molecule has 16 heavy (non-hydrogen) atoms. The molecule has 0 aliphatic carbocycles. The van der Waals surface area contributed by atoms with E-state index in [4.69, 9.17) is 15.2 Å². The first-order chi connectivity index (χ1) is 7.63. The van der Waals surface area contributed by atoms with E-state index in [2.05, 4.69) is 6.92 Å². The number of rotatable bonds is 9. The van der Waals surface area contributed by atoms with Crippen LogP contribution in [-0.4, -0.2) is 31.8 Å². The molecule has 0 aromatic heterocycles. The third-order valence-electron chi connectivity index (χ3n) is 2.64. The Hall–Kier alpha value is -0.610. The van der Waals surface area contributed by atoms with Gasteiger partial charge in [0.25, 0.3) is 0 Å². The summed E-state index contributed by atoms with van der Waals surface area (Å²) in [5.74, 6) is -0.165. The van der Waals surface area contributed by atoms with Gasteiger partial charge in [0.15, 0.2) is 0 Å². The quantitative estimate of drug-likeness (QED) is 0.485. The summed E-state index contributed by atoms with van der Waals surface area (Å²) in [5, 5.41) is 0. The molecule has 0 aliphatic rings. The van der Waals surface area contributed by atoms with Crippen molar-refractivity contribution in [2.24, 2.45) is 11.7 Å². The van der Waals surface area contributed by atoms with Gasteiger partial charge in [-0.3, -0.25) is 4.79 Å². The van der Waals surface area contributed by atoms with Gasteiger partial charge in [0.1, 0.15) is 12.6 Å². The van der Waals surface area contributed by atoms with Crippen molar-refractivity contribution >= 4 is 5.97 Å². The van der Waals surface area contributed by atoms with Gasteiger partial charge in [0, 0.05) is 6.61 Å². The topological polar surface area (TPSA) is 61.5 Å². The van der Waals surface area contributed by atoms with Crippen LogP contribution in [0.5, 0.6) is 0 Å². The SMILES string of the molecule is CCCCOCCOC(=O)C(N)C(C)CC. The van der Waals surface area contributed by atoms with Crippen LogP contribution in [0.3, 0.4) is 0 Å². The Morgan fingerprint density at radius 3 is 2.50 bits per heavy atom. The number of nitrogens with two attached hydrogens (primary N) is 1. The molecule has 4 heteroatoms. The average Bonchev–Trinajstić information content (AvgIpc) is 2.31. The maximum absolute atomic E-state index is 11.4. The number of hydrogen-bond acceptors (Lipinski definition) is 4. The van der Waals surface area contributed by atoms with Crippen LogP contribution in [0.4, 0.5) is 0 Å². The summed E-state index contributed by atoms with van der Waals surface area (Å²) < 4.78 is 10.3. The van der Waals surface area contributed by atoms with E-state index in [1.165, 1.54) is 0 Å². The Balaban J connectivity index is 3.50. The molecule has 0 spiro atoms. The van der Waals surface area contributed by atoms with Crippen molar-refractivity contribution < 1.29 is 14.3 Å². The minimum absolute atomic E-state index is 0.161. The lowest BCUT2D eigenvalue weighted by atomic mass is 10.0. The van der Waals surface area contributed by atoms with Gasteiger partial charge in [0.05, 0.1) is 6.61 Å². The predicted molar refractivity (Wildman–Crippen MR) is 64.1 cm³/mol. The van der Waals surface area contributed by atoms with Crippen LogP contribution < -0.4 is 5.73 Å². The second-order valence-corrected chi connectivity index (χ2v) is 4.04. The van der Waals surface area contributed by atoms with Gasteiger partial charge < -0.3 is 15.2 Å². The normalized spacial score (nSPS) is 14.5. The molecule has 0 fully saturated rings. The Kier molecular flexibility index (Phi) is 9.24. The maximum Gasteiger partial charge on any atom is 0.323 e. The Labute approximate surface area is 98.5 Å². The van der Waals surface area contributed by atoms with Crippen LogP contribution in [0, 0.1) is 5.92 Å². The molecule has 0 saturated heterocycles. The number of ether oxygens (including phenoxy) is 2. The lowest BCUT2D eigenvalue weighted by Crippen LogP contribution is -2.38. The Morgan fingerprint density at radius 2 is 1.94 bits per heavy atom. The molecule has 4 nitrogen and oxygen atoms in total. The zero-order chi connectivity index (χ0) is 12.4. The molecule has 0 bridgehead atoms. The number of esters is 1. The third kappa shape index (κ3) is 6.80. The van der Waals surface area contributed by atoms with E-state index in [0.717, 1.165) is 25.9 Å². The van der Waals surface area contributed by atoms with E-state index in [-0.39, 0.29) is 11.9 Å². The molecule has 0 amide bonds. The summed E-state index contributed by atoms with van der Waals surface area (Å²) >= 11 is 0. The van der Waals surface area contributed by atoms with Crippen LogP contribution in [0.25, 0.3) is 0 Å². The Bertz CT molecular complexity index is 185. The van der Waals surface area contributed by atoms with Gasteiger partial charge in [-0.2, -0.15) is 0 Å². The van der Waals surface area contributed by atoms with Gasteiger partial charge in [-0.1, -0.05) is 33.6 Å². The van der Waals surface area contributed by atoms with Crippen LogP contribution in [-0.2, 0) is 14.3 Å². The van der Waals surface area contributed by atoms with Gasteiger partial charge in [0.2, 0.25) is 0 Å². The predicted octanol–water partition coefficient (Wildman–Crippen LogP) is 1.72. The van der Waals surface area contributed by atoms with E-state index in [1.807, 2.05) is 13.8 Å². The number of carbonyl (C=O) groups excluding carboxylic acids is 1. The van der Waals surface area contributed by atoms with Crippen LogP contribution in [0.15, 0.2) is 0 Å². The summed E-state index contributed by atoms with van der Waals surface area (Å²) in [4.78, 5) is 11.4. The second-order valence-electron chi connectivity index (χ2n) is 4.04. The van der Waals surface area contributed by atoms with Gasteiger partial charge in [-0.05, 0) is 12.3 Å². The molecule has 0 rings (SSSR count). The highest BCUT2D eigenvalue weighted by molar-refractivity contribution is 5.75. The van der Waals surface area contributed by atoms with Crippen molar-refractivity contribution in [3.63, 3.8) is 0 Å². The van der Waals surface area contributed by atoms with Crippen LogP contribution in [0.2, 0.25) is 0 Å². The van der Waals surface area contributed by atoms with Gasteiger partial charge >= 0.3 is 5.97 Å². The fraction of sp³-hybridized carbons (Fsp3) is 0.917. The largest absolute Gasteiger partial charge is 0.462 e. The molecule has 2 atom stereocenters. The number of unbranched alkanes of at least 4 members (excludes halogenated alkanes) is 1. The number of carbonyl (C=O) groups is 1. The fourth-order valence-electron chi connectivity index (χ4n) is 1.13. The lowest BCUT2D eigenvalue weighted by Gasteiger charge is -2.16. The van der Waals surface area contributed by atoms with E-state index in [0.29, 0.717) is 13.2 Å². The van der Waals surface area contributed by atoms with Crippen molar-refractivity contribution in [2.75, 3.05) is 19.8 Å². The second kappa shape index (κ2) is 9.60. The fourth-order valence-corrected chi connectivity index (χ4v) is 1.13. The van der Waals surface area contributed by atoms with Crippen molar-refractivity contribution in [3.8, 4) is 0 Å². The minimum atomic E-state index is -0.513. The maximum atomic E-state index is 11.4. The van der Waals surface area contributed by atoms with E-state index >= 15 is 0 Å². The highest BCUT2D eigenvalue weighted by Crippen LogP contribution is 2.06. The molecule has 96 valence electrons. The molecule has 0 saturated carbocycles. The zero-order valence-corrected chi connectivity index (χ0v) is 10.7. The number of hydrogen-bond donors (Lipinski definition) is 1. The highest BCUT2D eigenvalue weighted by Gasteiger charge is 2.20. The van der Waals surface area contributed by atoms with Crippen molar-refractivity contribution in [1.82, 2.24) is 0 Å². The van der Waals surface area contributed by atoms with Gasteiger partial charge in [-0.25, -0.2) is 0 Å². The minimum Gasteiger partial charge on any atom is -0.462 e. The molecular formula is C12H25NO3. The van der Waals surface area contributed by atoms with Crippen LogP contribution >= 0.6 is 0 Å². The van der Waals surface area contributed by atoms with Crippen molar-refractivity contribution in [2.45, 2.75) is 46.1 Å². The summed E-state index contributed by atoms with van der Waals surface area (Å²) in [6.07, 6.45) is 3.03. The first-order valence-electron chi connectivity index (χ1n) is 6.13. The van der Waals surface area contributed by atoms with E-state index in [1.54, 1.807) is 0 Å². The Morgan fingerprint density at radius 1 is 1.25 bits per heavy atom. The standard InChI is InChI=1S/C12H25NO3/c1-4-6-7-15-8-9-16-12(14)11(13)10(3)5-2/h10-11H,4-9,13H2,1-3H3. The molecular weight excluding hydrogens is 206 g/mol. The van der Waals surface area contributed by atoms with Crippen LogP contribution in [0.1, 0.15) is 40.0 Å². The van der Waals surface area contributed by atoms with Gasteiger partial charge in [-0.15, -0.1) is 0 Å². The summed E-state index contributed by atoms with van der Waals surface area (Å²) in [7, 11) is 0. The average molecular weight is 231 g/mol. The summed E-state index contributed by atoms with van der Waals surface area (Å²) in [5.41, 5.74) is 5.72. The summed E-state index contributed by atoms with van der Waals surface area (Å²) in [6.45, 7) is 7.54. The third-order valence-corrected chi connectivity index (χ3v) is 2.64. The molecule has 0 aliphatic heterocycles.